The zero-order valence-corrected chi connectivity index (χ0v) is 13.0. The zero-order valence-electron chi connectivity index (χ0n) is 12.2. The van der Waals surface area contributed by atoms with Gasteiger partial charge in [-0.25, -0.2) is 4.98 Å². The molecular weight excluding hydrogens is 343 g/mol. The molecule has 0 spiro atoms. The van der Waals surface area contributed by atoms with Gasteiger partial charge in [0, 0.05) is 24.2 Å². The summed E-state index contributed by atoms with van der Waals surface area (Å²) in [6.07, 6.45) is -2.58. The van der Waals surface area contributed by atoms with Gasteiger partial charge in [0.2, 0.25) is 0 Å². The number of alkyl halides is 3. The highest BCUT2D eigenvalue weighted by atomic mass is 32.1. The van der Waals surface area contributed by atoms with Gasteiger partial charge in [0.05, 0.1) is 16.6 Å². The number of benzene rings is 1. The number of aldehydes is 1. The predicted octanol–water partition coefficient (Wildman–Crippen LogP) is 3.57. The fourth-order valence-electron chi connectivity index (χ4n) is 2.32. The highest BCUT2D eigenvalue weighted by Gasteiger charge is 2.34. The van der Waals surface area contributed by atoms with E-state index >= 15 is 0 Å². The average molecular weight is 353 g/mol. The van der Waals surface area contributed by atoms with Gasteiger partial charge in [-0.15, -0.1) is 0 Å². The van der Waals surface area contributed by atoms with E-state index in [0.717, 1.165) is 15.9 Å². The maximum absolute atomic E-state index is 13.0. The van der Waals surface area contributed by atoms with Crippen LogP contribution >= 0.6 is 11.3 Å². The van der Waals surface area contributed by atoms with E-state index in [0.29, 0.717) is 28.0 Å². The van der Waals surface area contributed by atoms with Crippen molar-refractivity contribution >= 4 is 39.3 Å². The molecule has 0 bridgehead atoms. The Morgan fingerprint density at radius 1 is 1.29 bits per heavy atom. The summed E-state index contributed by atoms with van der Waals surface area (Å²) in [5.41, 5.74) is -1.11. The number of aryl methyl sites for hydroxylation is 1. The third kappa shape index (κ3) is 2.90. The summed E-state index contributed by atoms with van der Waals surface area (Å²) >= 11 is 1.11. The van der Waals surface area contributed by atoms with E-state index in [1.165, 1.54) is 25.4 Å². The molecule has 0 fully saturated rings. The van der Waals surface area contributed by atoms with E-state index in [2.05, 4.69) is 10.3 Å². The first-order valence-corrected chi connectivity index (χ1v) is 7.50. The van der Waals surface area contributed by atoms with Crippen LogP contribution in [0.2, 0.25) is 0 Å². The maximum atomic E-state index is 13.0. The summed E-state index contributed by atoms with van der Waals surface area (Å²) in [5.74, 6) is 0. The number of pyridine rings is 1. The number of halogens is 3. The van der Waals surface area contributed by atoms with E-state index in [1.807, 2.05) is 0 Å². The van der Waals surface area contributed by atoms with Crippen molar-refractivity contribution in [3.63, 3.8) is 0 Å². The van der Waals surface area contributed by atoms with Crippen molar-refractivity contribution in [2.24, 2.45) is 7.05 Å². The number of hydrogen-bond donors (Lipinski definition) is 1. The second-order valence-electron chi connectivity index (χ2n) is 4.99. The quantitative estimate of drug-likeness (QED) is 0.731. The van der Waals surface area contributed by atoms with Gasteiger partial charge in [-0.2, -0.15) is 13.2 Å². The molecule has 124 valence electrons. The predicted molar refractivity (Wildman–Crippen MR) is 85.0 cm³/mol. The number of nitrogens with one attached hydrogen (secondary N) is 1. The summed E-state index contributed by atoms with van der Waals surface area (Å²) in [6, 6.07) is 5.05. The van der Waals surface area contributed by atoms with Crippen LogP contribution in [-0.4, -0.2) is 15.8 Å². The molecule has 1 aromatic carbocycles. The van der Waals surface area contributed by atoms with Crippen LogP contribution < -0.4 is 10.7 Å². The van der Waals surface area contributed by atoms with E-state index in [1.54, 1.807) is 6.07 Å². The van der Waals surface area contributed by atoms with Crippen LogP contribution in [-0.2, 0) is 13.2 Å². The zero-order chi connectivity index (χ0) is 17.5. The summed E-state index contributed by atoms with van der Waals surface area (Å²) in [6.45, 7) is 0. The third-order valence-corrected chi connectivity index (χ3v) is 4.27. The number of aromatic nitrogens is 2. The molecule has 3 rings (SSSR count). The molecule has 0 unspecified atom stereocenters. The molecule has 2 heterocycles. The Morgan fingerprint density at radius 2 is 2.04 bits per heavy atom. The minimum atomic E-state index is -4.63. The highest BCUT2D eigenvalue weighted by molar-refractivity contribution is 7.17. The summed E-state index contributed by atoms with van der Waals surface area (Å²) in [5, 5.41) is 3.52. The van der Waals surface area contributed by atoms with Gasteiger partial charge < -0.3 is 9.88 Å². The smallest absolute Gasteiger partial charge is 0.340 e. The highest BCUT2D eigenvalue weighted by Crippen LogP contribution is 2.31. The van der Waals surface area contributed by atoms with Crippen LogP contribution in [0.4, 0.5) is 24.0 Å². The van der Waals surface area contributed by atoms with Crippen LogP contribution in [0.1, 0.15) is 15.4 Å². The first-order chi connectivity index (χ1) is 11.3. The van der Waals surface area contributed by atoms with E-state index in [-0.39, 0.29) is 10.9 Å². The van der Waals surface area contributed by atoms with Crippen LogP contribution in [0.15, 0.2) is 35.3 Å². The van der Waals surface area contributed by atoms with Crippen molar-refractivity contribution < 1.29 is 18.0 Å². The Bertz CT molecular complexity index is 992. The first kappa shape index (κ1) is 16.2. The van der Waals surface area contributed by atoms with Crippen LogP contribution in [0, 0.1) is 0 Å². The molecule has 0 amide bonds. The molecule has 9 heteroatoms. The molecular formula is C15H10F3N3O2S. The van der Waals surface area contributed by atoms with Gasteiger partial charge in [0.15, 0.2) is 16.8 Å². The average Bonchev–Trinajstić information content (AvgIpc) is 2.97. The lowest BCUT2D eigenvalue weighted by molar-refractivity contribution is -0.143. The normalized spacial score (nSPS) is 11.7. The van der Waals surface area contributed by atoms with Crippen molar-refractivity contribution in [1.82, 2.24) is 9.55 Å². The number of anilines is 2. The standard InChI is InChI=1S/C15H10F3N3O2S/c1-21-11-4-8(20-14-19-6-9(7-22)24-14)2-3-10(11)12(23)5-13(21)15(16,17)18/h2-7H,1H3,(H,19,20). The summed E-state index contributed by atoms with van der Waals surface area (Å²) in [4.78, 5) is 27.0. The number of hydrogen-bond acceptors (Lipinski definition) is 5. The molecule has 0 aliphatic rings. The lowest BCUT2D eigenvalue weighted by Gasteiger charge is -2.15. The minimum absolute atomic E-state index is 0.145. The second-order valence-corrected chi connectivity index (χ2v) is 6.06. The lowest BCUT2D eigenvalue weighted by Crippen LogP contribution is -2.19. The monoisotopic (exact) mass is 353 g/mol. The number of fused-ring (bicyclic) bond motifs is 1. The largest absolute Gasteiger partial charge is 0.431 e. The van der Waals surface area contributed by atoms with Gasteiger partial charge in [-0.05, 0) is 18.2 Å². The van der Waals surface area contributed by atoms with E-state index in [9.17, 15) is 22.8 Å². The van der Waals surface area contributed by atoms with Crippen LogP contribution in [0.5, 0.6) is 0 Å². The van der Waals surface area contributed by atoms with Crippen LogP contribution in [0.25, 0.3) is 10.9 Å². The fraction of sp³-hybridized carbons (Fsp3) is 0.133. The molecule has 0 aliphatic carbocycles. The molecule has 24 heavy (non-hydrogen) atoms. The molecule has 0 aliphatic heterocycles. The summed E-state index contributed by atoms with van der Waals surface area (Å²) in [7, 11) is 1.25. The van der Waals surface area contributed by atoms with Crippen LogP contribution in [0.3, 0.4) is 0 Å². The molecule has 0 atom stereocenters. The fourth-order valence-corrected chi connectivity index (χ4v) is 2.97. The molecule has 1 N–H and O–H groups in total. The van der Waals surface area contributed by atoms with Gasteiger partial charge in [0.1, 0.15) is 5.69 Å². The lowest BCUT2D eigenvalue weighted by atomic mass is 10.1. The molecule has 5 nitrogen and oxygen atoms in total. The van der Waals surface area contributed by atoms with E-state index in [4.69, 9.17) is 0 Å². The molecule has 0 saturated heterocycles. The minimum Gasteiger partial charge on any atom is -0.340 e. The Morgan fingerprint density at radius 3 is 2.67 bits per heavy atom. The maximum Gasteiger partial charge on any atom is 0.431 e. The van der Waals surface area contributed by atoms with Crippen molar-refractivity contribution in [2.75, 3.05) is 5.32 Å². The summed E-state index contributed by atoms with van der Waals surface area (Å²) < 4.78 is 40.0. The van der Waals surface area contributed by atoms with Crippen molar-refractivity contribution in [3.8, 4) is 0 Å². The van der Waals surface area contributed by atoms with Crippen molar-refractivity contribution in [3.05, 3.63) is 51.3 Å². The Balaban J connectivity index is 2.11. The third-order valence-electron chi connectivity index (χ3n) is 3.44. The van der Waals surface area contributed by atoms with E-state index < -0.39 is 17.3 Å². The number of nitrogens with zero attached hydrogens (tertiary/aromatic N) is 2. The van der Waals surface area contributed by atoms with Gasteiger partial charge in [-0.3, -0.25) is 9.59 Å². The SMILES string of the molecule is Cn1c(C(F)(F)F)cc(=O)c2ccc(Nc3ncc(C=O)s3)cc21. The second kappa shape index (κ2) is 5.75. The molecule has 0 radical (unpaired) electrons. The number of carbonyl (C=O) groups is 1. The van der Waals surface area contributed by atoms with Gasteiger partial charge in [-0.1, -0.05) is 11.3 Å². The number of carbonyl (C=O) groups excluding carboxylic acids is 1. The van der Waals surface area contributed by atoms with Crippen molar-refractivity contribution in [1.29, 1.82) is 0 Å². The van der Waals surface area contributed by atoms with Gasteiger partial charge in [0.25, 0.3) is 0 Å². The topological polar surface area (TPSA) is 64.0 Å². The Kier molecular flexibility index (Phi) is 3.88. The first-order valence-electron chi connectivity index (χ1n) is 6.68. The molecule has 0 saturated carbocycles. The molecule has 3 aromatic rings. The number of rotatable bonds is 3. The molecule has 2 aromatic heterocycles. The van der Waals surface area contributed by atoms with Gasteiger partial charge >= 0.3 is 6.18 Å². The Hall–Kier alpha value is -2.68. The van der Waals surface area contributed by atoms with Crippen molar-refractivity contribution in [2.45, 2.75) is 6.18 Å². The number of thiazole rings is 1. The Labute approximate surface area is 137 Å².